The zero-order chi connectivity index (χ0) is 25.9. The van der Waals surface area contributed by atoms with Gasteiger partial charge in [-0.3, -0.25) is 0 Å². The van der Waals surface area contributed by atoms with Crippen molar-refractivity contribution in [2.75, 3.05) is 4.90 Å². The summed E-state index contributed by atoms with van der Waals surface area (Å²) in [5.41, 5.74) is 8.05. The molecule has 0 bridgehead atoms. The summed E-state index contributed by atoms with van der Waals surface area (Å²) >= 11 is 0. The molecule has 3 aromatic carbocycles. The first-order valence-corrected chi connectivity index (χ1v) is 14.5. The molecule has 1 aliphatic heterocycles. The van der Waals surface area contributed by atoms with E-state index in [1.807, 2.05) is 12.1 Å². The van der Waals surface area contributed by atoms with Gasteiger partial charge in [-0.05, 0) is 90.8 Å². The van der Waals surface area contributed by atoms with Crippen molar-refractivity contribution in [3.05, 3.63) is 95.3 Å². The van der Waals surface area contributed by atoms with E-state index in [-0.39, 0.29) is 16.8 Å². The lowest BCUT2D eigenvalue weighted by Crippen LogP contribution is -2.54. The Hall–Kier alpha value is -2.61. The number of hydrogen-bond acceptors (Lipinski definition) is 1. The van der Waals surface area contributed by atoms with Gasteiger partial charge in [-0.2, -0.15) is 0 Å². The summed E-state index contributed by atoms with van der Waals surface area (Å²) in [6.07, 6.45) is 11.8. The predicted molar refractivity (Wildman–Crippen MR) is 153 cm³/mol. The Morgan fingerprint density at radius 3 is 2.08 bits per heavy atom. The summed E-state index contributed by atoms with van der Waals surface area (Å²) in [6, 6.07) is 24.8. The van der Waals surface area contributed by atoms with Gasteiger partial charge in [0.15, 0.2) is 0 Å². The fraction of sp³-hybridized carbons (Fsp3) is 0.486. The number of benzene rings is 3. The van der Waals surface area contributed by atoms with Gasteiger partial charge in [0.2, 0.25) is 0 Å². The molecule has 2 saturated carbocycles. The topological polar surface area (TPSA) is 3.24 Å². The largest absolute Gasteiger partial charge is 0.334 e. The summed E-state index contributed by atoms with van der Waals surface area (Å²) in [6.45, 7) is 9.76. The average Bonchev–Trinajstić information content (AvgIpc) is 3.26. The second-order valence-electron chi connectivity index (χ2n) is 13.1. The molecule has 2 heteroatoms. The molecule has 0 saturated heterocycles. The van der Waals surface area contributed by atoms with E-state index in [0.717, 1.165) is 12.1 Å². The Labute approximate surface area is 223 Å². The SMILES string of the molecule is CC12CCCCC1(C)N(c1cccc(F)c1)c1ccccc12.CC12CCCCC1(C)c1ccccc1C2. The number of anilines is 2. The van der Waals surface area contributed by atoms with E-state index in [0.29, 0.717) is 10.8 Å². The van der Waals surface area contributed by atoms with E-state index < -0.39 is 0 Å². The average molecular weight is 496 g/mol. The molecular weight excluding hydrogens is 453 g/mol. The minimum absolute atomic E-state index is 0.0166. The lowest BCUT2D eigenvalue weighted by atomic mass is 9.58. The molecule has 4 unspecified atom stereocenters. The molecule has 37 heavy (non-hydrogen) atoms. The number of rotatable bonds is 1. The minimum Gasteiger partial charge on any atom is -0.334 e. The van der Waals surface area contributed by atoms with E-state index in [9.17, 15) is 4.39 Å². The maximum atomic E-state index is 13.8. The van der Waals surface area contributed by atoms with Gasteiger partial charge in [0.05, 0.1) is 5.54 Å². The van der Waals surface area contributed by atoms with Crippen LogP contribution in [0.15, 0.2) is 72.8 Å². The highest BCUT2D eigenvalue weighted by Gasteiger charge is 2.57. The number of fused-ring (bicyclic) bond motifs is 6. The summed E-state index contributed by atoms with van der Waals surface area (Å²) < 4.78 is 13.8. The molecule has 3 aliphatic carbocycles. The van der Waals surface area contributed by atoms with Gasteiger partial charge >= 0.3 is 0 Å². The smallest absolute Gasteiger partial charge is 0.125 e. The number of nitrogens with zero attached hydrogens (tertiary/aromatic N) is 1. The van der Waals surface area contributed by atoms with Crippen LogP contribution in [-0.2, 0) is 17.3 Å². The van der Waals surface area contributed by atoms with Crippen molar-refractivity contribution in [1.82, 2.24) is 0 Å². The molecule has 4 atom stereocenters. The van der Waals surface area contributed by atoms with Gasteiger partial charge in [-0.1, -0.05) is 95.0 Å². The highest BCUT2D eigenvalue weighted by molar-refractivity contribution is 5.76. The molecule has 1 nitrogen and oxygen atoms in total. The van der Waals surface area contributed by atoms with Crippen molar-refractivity contribution >= 4 is 11.4 Å². The molecule has 2 fully saturated rings. The molecular formula is C35H42FN. The van der Waals surface area contributed by atoms with Gasteiger partial charge < -0.3 is 4.90 Å². The fourth-order valence-corrected chi connectivity index (χ4v) is 8.66. The van der Waals surface area contributed by atoms with Crippen LogP contribution in [0, 0.1) is 11.2 Å². The second kappa shape index (κ2) is 8.72. The van der Waals surface area contributed by atoms with Crippen molar-refractivity contribution in [3.63, 3.8) is 0 Å². The number of hydrogen-bond donors (Lipinski definition) is 0. The van der Waals surface area contributed by atoms with E-state index in [2.05, 4.69) is 81.1 Å². The predicted octanol–water partition coefficient (Wildman–Crippen LogP) is 9.65. The first-order valence-electron chi connectivity index (χ1n) is 14.5. The molecule has 0 aromatic heterocycles. The zero-order valence-electron chi connectivity index (χ0n) is 23.1. The van der Waals surface area contributed by atoms with Gasteiger partial charge in [0.1, 0.15) is 5.82 Å². The van der Waals surface area contributed by atoms with Crippen LogP contribution in [-0.4, -0.2) is 5.54 Å². The first kappa shape index (κ1) is 24.7. The van der Waals surface area contributed by atoms with Crippen molar-refractivity contribution in [3.8, 4) is 0 Å². The van der Waals surface area contributed by atoms with Crippen LogP contribution >= 0.6 is 0 Å². The molecule has 7 rings (SSSR count). The number of halogens is 1. The Morgan fingerprint density at radius 1 is 0.649 bits per heavy atom. The summed E-state index contributed by atoms with van der Waals surface area (Å²) in [5, 5.41) is 0. The van der Waals surface area contributed by atoms with Crippen molar-refractivity contribution in [1.29, 1.82) is 0 Å². The monoisotopic (exact) mass is 495 g/mol. The minimum atomic E-state index is -0.164. The Bertz CT molecular complexity index is 1310. The standard InChI is InChI=1S/C20H22FN.C15H20/c1-19-12-5-6-13-20(19,2)22(16-9-7-8-15(21)14-16)18-11-4-3-10-17(18)19;1-14-9-5-6-10-15(14,2)13-8-4-3-7-12(13)11-14/h3-4,7-11,14H,5-6,12-13H2,1-2H3;3-4,7-8H,5-6,9-11H2,1-2H3. The van der Waals surface area contributed by atoms with Crippen LogP contribution in [0.25, 0.3) is 0 Å². The van der Waals surface area contributed by atoms with Gasteiger partial charge in [-0.15, -0.1) is 0 Å². The normalized spacial score (nSPS) is 33.5. The maximum absolute atomic E-state index is 13.8. The molecule has 1 heterocycles. The van der Waals surface area contributed by atoms with Crippen LogP contribution in [0.5, 0.6) is 0 Å². The highest BCUT2D eigenvalue weighted by Crippen LogP contribution is 2.61. The summed E-state index contributed by atoms with van der Waals surface area (Å²) in [7, 11) is 0. The Balaban J connectivity index is 0.000000146. The Morgan fingerprint density at radius 2 is 1.30 bits per heavy atom. The third kappa shape index (κ3) is 3.54. The lowest BCUT2D eigenvalue weighted by Gasteiger charge is -2.50. The van der Waals surface area contributed by atoms with Crippen LogP contribution in [0.3, 0.4) is 0 Å². The molecule has 194 valence electrons. The molecule has 0 N–H and O–H groups in total. The third-order valence-corrected chi connectivity index (χ3v) is 11.3. The van der Waals surface area contributed by atoms with Gasteiger partial charge in [0, 0.05) is 16.8 Å². The third-order valence-electron chi connectivity index (χ3n) is 11.3. The molecule has 0 amide bonds. The van der Waals surface area contributed by atoms with Crippen LogP contribution < -0.4 is 4.90 Å². The van der Waals surface area contributed by atoms with E-state index in [1.165, 1.54) is 68.7 Å². The molecule has 3 aromatic rings. The molecule has 4 aliphatic rings. The zero-order valence-corrected chi connectivity index (χ0v) is 23.1. The van der Waals surface area contributed by atoms with Crippen molar-refractivity contribution in [2.45, 2.75) is 102 Å². The number of para-hydroxylation sites is 1. The van der Waals surface area contributed by atoms with Crippen LogP contribution in [0.1, 0.15) is 95.8 Å². The lowest BCUT2D eigenvalue weighted by molar-refractivity contribution is 0.110. The quantitative estimate of drug-likeness (QED) is 0.325. The summed E-state index contributed by atoms with van der Waals surface area (Å²) in [5.74, 6) is -0.164. The highest BCUT2D eigenvalue weighted by atomic mass is 19.1. The van der Waals surface area contributed by atoms with E-state index >= 15 is 0 Å². The van der Waals surface area contributed by atoms with Crippen LogP contribution in [0.4, 0.5) is 15.8 Å². The second-order valence-corrected chi connectivity index (χ2v) is 13.1. The Kier molecular flexibility index (Phi) is 5.82. The van der Waals surface area contributed by atoms with Gasteiger partial charge in [0.25, 0.3) is 0 Å². The van der Waals surface area contributed by atoms with Crippen molar-refractivity contribution < 1.29 is 4.39 Å². The molecule has 0 spiro atoms. The first-order chi connectivity index (χ1) is 17.7. The van der Waals surface area contributed by atoms with Crippen molar-refractivity contribution in [2.24, 2.45) is 5.41 Å². The van der Waals surface area contributed by atoms with Gasteiger partial charge in [-0.25, -0.2) is 4.39 Å². The van der Waals surface area contributed by atoms with E-state index in [4.69, 9.17) is 0 Å². The fourth-order valence-electron chi connectivity index (χ4n) is 8.66. The maximum Gasteiger partial charge on any atom is 0.125 e. The summed E-state index contributed by atoms with van der Waals surface area (Å²) in [4.78, 5) is 2.39. The van der Waals surface area contributed by atoms with Crippen LogP contribution in [0.2, 0.25) is 0 Å². The molecule has 0 radical (unpaired) electrons. The van der Waals surface area contributed by atoms with E-state index in [1.54, 1.807) is 17.2 Å².